The fourth-order valence-corrected chi connectivity index (χ4v) is 2.06. The van der Waals surface area contributed by atoms with E-state index < -0.39 is 0 Å². The second-order valence-electron chi connectivity index (χ2n) is 5.38. The van der Waals surface area contributed by atoms with Gasteiger partial charge in [0.2, 0.25) is 11.8 Å². The number of amides is 2. The van der Waals surface area contributed by atoms with Crippen LogP contribution in [0.25, 0.3) is 6.08 Å². The van der Waals surface area contributed by atoms with Gasteiger partial charge in [0.15, 0.2) is 0 Å². The molecule has 0 unspecified atom stereocenters. The van der Waals surface area contributed by atoms with Gasteiger partial charge in [0.1, 0.15) is 5.75 Å². The summed E-state index contributed by atoms with van der Waals surface area (Å²) < 4.78 is 5.52. The number of carbonyl (C=O) groups excluding carboxylic acids is 2. The first-order chi connectivity index (χ1) is 11.0. The summed E-state index contributed by atoms with van der Waals surface area (Å²) in [4.78, 5) is 25.5. The van der Waals surface area contributed by atoms with Crippen molar-refractivity contribution in [1.82, 2.24) is 10.2 Å². The highest BCUT2D eigenvalue weighted by Crippen LogP contribution is 2.19. The van der Waals surface area contributed by atoms with Crippen molar-refractivity contribution in [3.8, 4) is 5.75 Å². The number of likely N-dealkylation sites (N-methyl/N-ethyl adjacent to an activating group) is 1. The zero-order valence-electron chi connectivity index (χ0n) is 14.3. The average Bonchev–Trinajstić information content (AvgIpc) is 2.51. The van der Waals surface area contributed by atoms with Crippen LogP contribution in [-0.4, -0.2) is 42.5 Å². The van der Waals surface area contributed by atoms with Gasteiger partial charge < -0.3 is 15.0 Å². The lowest BCUT2D eigenvalue weighted by Gasteiger charge is -2.19. The van der Waals surface area contributed by atoms with Gasteiger partial charge in [0, 0.05) is 24.2 Å². The number of benzene rings is 1. The zero-order chi connectivity index (χ0) is 17.2. The van der Waals surface area contributed by atoms with Crippen LogP contribution in [0.4, 0.5) is 0 Å². The Morgan fingerprint density at radius 1 is 1.26 bits per heavy atom. The zero-order valence-corrected chi connectivity index (χ0v) is 14.3. The summed E-state index contributed by atoms with van der Waals surface area (Å²) in [6, 6.07) is 7.58. The van der Waals surface area contributed by atoms with E-state index >= 15 is 0 Å². The van der Waals surface area contributed by atoms with Crippen molar-refractivity contribution in [3.05, 3.63) is 35.9 Å². The van der Waals surface area contributed by atoms with Gasteiger partial charge in [-0.15, -0.1) is 0 Å². The van der Waals surface area contributed by atoms with E-state index in [-0.39, 0.29) is 24.4 Å². The smallest absolute Gasteiger partial charge is 0.247 e. The molecule has 0 aromatic heterocycles. The number of carbonyl (C=O) groups is 2. The average molecular weight is 318 g/mol. The van der Waals surface area contributed by atoms with Crippen LogP contribution in [0.5, 0.6) is 5.75 Å². The molecule has 0 aliphatic heterocycles. The highest BCUT2D eigenvalue weighted by atomic mass is 16.5. The summed E-state index contributed by atoms with van der Waals surface area (Å²) in [6.45, 7) is 8.64. The predicted octanol–water partition coefficient (Wildman–Crippen LogP) is 2.47. The summed E-state index contributed by atoms with van der Waals surface area (Å²) in [5.74, 6) is 0.385. The van der Waals surface area contributed by atoms with Gasteiger partial charge in [-0.05, 0) is 39.8 Å². The molecule has 5 heteroatoms. The Morgan fingerprint density at radius 2 is 1.96 bits per heavy atom. The van der Waals surface area contributed by atoms with Gasteiger partial charge in [-0.1, -0.05) is 18.2 Å². The Bertz CT molecular complexity index is 553. The lowest BCUT2D eigenvalue weighted by atomic mass is 10.2. The highest BCUT2D eigenvalue weighted by molar-refractivity contribution is 5.94. The lowest BCUT2D eigenvalue weighted by Crippen LogP contribution is -2.42. The third-order valence-corrected chi connectivity index (χ3v) is 3.10. The topological polar surface area (TPSA) is 58.6 Å². The highest BCUT2D eigenvalue weighted by Gasteiger charge is 2.13. The Balaban J connectivity index is 2.74. The third kappa shape index (κ3) is 6.55. The standard InChI is InChI=1S/C18H26N2O3/c1-5-20(13-17(21)19-14(3)4)18(22)12-11-15-9-7-8-10-16(15)23-6-2/h7-12,14H,5-6,13H2,1-4H3,(H,19,21)/b12-11+. The number of ether oxygens (including phenoxy) is 1. The molecule has 2 amide bonds. The first-order valence-electron chi connectivity index (χ1n) is 7.96. The van der Waals surface area contributed by atoms with E-state index in [1.54, 1.807) is 6.08 Å². The second kappa shape index (κ2) is 9.66. The molecule has 0 saturated heterocycles. The minimum atomic E-state index is -0.197. The minimum absolute atomic E-state index is 0.0601. The Morgan fingerprint density at radius 3 is 2.57 bits per heavy atom. The van der Waals surface area contributed by atoms with Crippen LogP contribution in [0.3, 0.4) is 0 Å². The molecule has 0 heterocycles. The van der Waals surface area contributed by atoms with Crippen molar-refractivity contribution in [2.75, 3.05) is 19.7 Å². The molecule has 1 aromatic carbocycles. The molecule has 5 nitrogen and oxygen atoms in total. The molecule has 1 aromatic rings. The van der Waals surface area contributed by atoms with E-state index in [1.165, 1.54) is 11.0 Å². The molecule has 0 aliphatic carbocycles. The summed E-state index contributed by atoms with van der Waals surface area (Å²) >= 11 is 0. The Labute approximate surface area is 138 Å². The van der Waals surface area contributed by atoms with Crippen molar-refractivity contribution >= 4 is 17.9 Å². The van der Waals surface area contributed by atoms with Gasteiger partial charge in [0.05, 0.1) is 13.2 Å². The van der Waals surface area contributed by atoms with Crippen LogP contribution in [0, 0.1) is 0 Å². The molecule has 0 aliphatic rings. The third-order valence-electron chi connectivity index (χ3n) is 3.10. The van der Waals surface area contributed by atoms with Gasteiger partial charge in [-0.2, -0.15) is 0 Å². The van der Waals surface area contributed by atoms with E-state index in [0.717, 1.165) is 11.3 Å². The maximum Gasteiger partial charge on any atom is 0.247 e. The molecular weight excluding hydrogens is 292 g/mol. The molecule has 0 saturated carbocycles. The van der Waals surface area contributed by atoms with Crippen LogP contribution in [0.2, 0.25) is 0 Å². The van der Waals surface area contributed by atoms with Gasteiger partial charge in [-0.25, -0.2) is 0 Å². The van der Waals surface area contributed by atoms with Crippen molar-refractivity contribution in [3.63, 3.8) is 0 Å². The molecule has 0 spiro atoms. The van der Waals surface area contributed by atoms with Gasteiger partial charge in [-0.3, -0.25) is 9.59 Å². The van der Waals surface area contributed by atoms with E-state index in [4.69, 9.17) is 4.74 Å². The van der Waals surface area contributed by atoms with Crippen LogP contribution >= 0.6 is 0 Å². The predicted molar refractivity (Wildman–Crippen MR) is 92.2 cm³/mol. The van der Waals surface area contributed by atoms with Crippen LogP contribution in [0.15, 0.2) is 30.3 Å². The van der Waals surface area contributed by atoms with Crippen LogP contribution < -0.4 is 10.1 Å². The largest absolute Gasteiger partial charge is 0.493 e. The number of hydrogen-bond acceptors (Lipinski definition) is 3. The number of hydrogen-bond donors (Lipinski definition) is 1. The Kier molecular flexibility index (Phi) is 7.88. The molecule has 1 N–H and O–H groups in total. The number of rotatable bonds is 8. The minimum Gasteiger partial charge on any atom is -0.493 e. The monoisotopic (exact) mass is 318 g/mol. The fourth-order valence-electron chi connectivity index (χ4n) is 2.06. The van der Waals surface area contributed by atoms with E-state index in [2.05, 4.69) is 5.32 Å². The van der Waals surface area contributed by atoms with E-state index in [0.29, 0.717) is 13.2 Å². The SMILES string of the molecule is CCOc1ccccc1/C=C/C(=O)N(CC)CC(=O)NC(C)C. The first-order valence-corrected chi connectivity index (χ1v) is 7.96. The summed E-state index contributed by atoms with van der Waals surface area (Å²) in [6.07, 6.45) is 3.19. The molecule has 0 radical (unpaired) electrons. The molecule has 23 heavy (non-hydrogen) atoms. The number of nitrogens with one attached hydrogen (secondary N) is 1. The van der Waals surface area contributed by atoms with E-state index in [1.807, 2.05) is 52.0 Å². The maximum absolute atomic E-state index is 12.3. The first kappa shape index (κ1) is 18.7. The lowest BCUT2D eigenvalue weighted by molar-refractivity contribution is -0.132. The van der Waals surface area contributed by atoms with Crippen molar-refractivity contribution in [2.24, 2.45) is 0 Å². The van der Waals surface area contributed by atoms with Crippen LogP contribution in [0.1, 0.15) is 33.3 Å². The Hall–Kier alpha value is -2.30. The quantitative estimate of drug-likeness (QED) is 0.749. The molecule has 0 fully saturated rings. The van der Waals surface area contributed by atoms with Crippen molar-refractivity contribution < 1.29 is 14.3 Å². The fraction of sp³-hybridized carbons (Fsp3) is 0.444. The van der Waals surface area contributed by atoms with Gasteiger partial charge in [0.25, 0.3) is 0 Å². The van der Waals surface area contributed by atoms with Crippen molar-refractivity contribution in [1.29, 1.82) is 0 Å². The number of para-hydroxylation sites is 1. The molecule has 0 atom stereocenters. The second-order valence-corrected chi connectivity index (χ2v) is 5.38. The summed E-state index contributed by atoms with van der Waals surface area (Å²) in [5.41, 5.74) is 0.838. The van der Waals surface area contributed by atoms with E-state index in [9.17, 15) is 9.59 Å². The molecule has 126 valence electrons. The normalized spacial score (nSPS) is 10.8. The maximum atomic E-state index is 12.3. The van der Waals surface area contributed by atoms with Crippen LogP contribution in [-0.2, 0) is 9.59 Å². The summed E-state index contributed by atoms with van der Waals surface area (Å²) in [7, 11) is 0. The summed E-state index contributed by atoms with van der Waals surface area (Å²) in [5, 5.41) is 2.79. The number of nitrogens with zero attached hydrogens (tertiary/aromatic N) is 1. The van der Waals surface area contributed by atoms with Crippen molar-refractivity contribution in [2.45, 2.75) is 33.7 Å². The molecule has 0 bridgehead atoms. The van der Waals surface area contributed by atoms with Gasteiger partial charge >= 0.3 is 0 Å². The molecular formula is C18H26N2O3. The molecule has 1 rings (SSSR count).